The third-order valence-electron chi connectivity index (χ3n) is 4.20. The Morgan fingerprint density at radius 3 is 2.68 bits per heavy atom. The van der Waals surface area contributed by atoms with Crippen LogP contribution in [0.1, 0.15) is 23.4 Å². The molecule has 0 radical (unpaired) electrons. The molecular formula is C15H22N6S. The van der Waals surface area contributed by atoms with Gasteiger partial charge in [-0.2, -0.15) is 5.10 Å². The van der Waals surface area contributed by atoms with Crippen molar-refractivity contribution in [2.24, 2.45) is 0 Å². The number of anilines is 2. The Morgan fingerprint density at radius 2 is 2.09 bits per heavy atom. The maximum absolute atomic E-state index is 5.69. The van der Waals surface area contributed by atoms with E-state index in [1.807, 2.05) is 19.2 Å². The number of nitrogens with zero attached hydrogens (tertiary/aromatic N) is 5. The van der Waals surface area contributed by atoms with E-state index in [0.717, 1.165) is 44.0 Å². The van der Waals surface area contributed by atoms with Gasteiger partial charge in [-0.05, 0) is 31.9 Å². The molecule has 0 saturated carbocycles. The molecule has 3 heterocycles. The number of rotatable bonds is 4. The van der Waals surface area contributed by atoms with Gasteiger partial charge in [0, 0.05) is 43.8 Å². The minimum absolute atomic E-state index is 0.528. The summed E-state index contributed by atoms with van der Waals surface area (Å²) in [6.07, 6.45) is 4.17. The number of hydrogen-bond donors (Lipinski definition) is 1. The lowest BCUT2D eigenvalue weighted by Gasteiger charge is -2.36. The molecule has 2 aromatic heterocycles. The van der Waals surface area contributed by atoms with Gasteiger partial charge in [-0.3, -0.25) is 4.90 Å². The van der Waals surface area contributed by atoms with Crippen LogP contribution in [0.3, 0.4) is 0 Å². The zero-order valence-corrected chi connectivity index (χ0v) is 13.9. The molecule has 6 nitrogen and oxygen atoms in total. The van der Waals surface area contributed by atoms with Crippen LogP contribution in [0, 0.1) is 6.92 Å². The first-order valence-corrected chi connectivity index (χ1v) is 8.39. The predicted molar refractivity (Wildman–Crippen MR) is 90.0 cm³/mol. The Labute approximate surface area is 135 Å². The molecule has 7 heteroatoms. The molecule has 1 aliphatic heterocycles. The molecule has 118 valence electrons. The van der Waals surface area contributed by atoms with Crippen molar-refractivity contribution in [3.8, 4) is 0 Å². The summed E-state index contributed by atoms with van der Waals surface area (Å²) < 4.78 is 0. The van der Waals surface area contributed by atoms with Crippen LogP contribution in [0.5, 0.6) is 0 Å². The second kappa shape index (κ2) is 6.58. The molecule has 1 saturated heterocycles. The van der Waals surface area contributed by atoms with Crippen LogP contribution in [0.4, 0.5) is 10.9 Å². The maximum atomic E-state index is 5.69. The van der Waals surface area contributed by atoms with E-state index in [1.54, 1.807) is 11.3 Å². The minimum Gasteiger partial charge on any atom is -0.375 e. The van der Waals surface area contributed by atoms with E-state index in [-0.39, 0.29) is 0 Å². The predicted octanol–water partition coefficient (Wildman–Crippen LogP) is 1.92. The van der Waals surface area contributed by atoms with E-state index in [2.05, 4.69) is 38.1 Å². The van der Waals surface area contributed by atoms with Crippen LogP contribution >= 0.6 is 11.3 Å². The lowest BCUT2D eigenvalue weighted by Crippen LogP contribution is -2.43. The molecule has 1 aliphatic rings. The topological polar surface area (TPSA) is 71.2 Å². The molecule has 1 fully saturated rings. The molecule has 0 unspecified atom stereocenters. The Hall–Kier alpha value is -1.73. The van der Waals surface area contributed by atoms with Crippen molar-refractivity contribution in [1.82, 2.24) is 20.1 Å². The molecule has 0 bridgehead atoms. The summed E-state index contributed by atoms with van der Waals surface area (Å²) in [4.78, 5) is 10.1. The Morgan fingerprint density at radius 1 is 1.32 bits per heavy atom. The van der Waals surface area contributed by atoms with E-state index in [1.165, 1.54) is 4.88 Å². The summed E-state index contributed by atoms with van der Waals surface area (Å²) in [5, 5.41) is 9.09. The van der Waals surface area contributed by atoms with E-state index in [4.69, 9.17) is 5.73 Å². The zero-order valence-electron chi connectivity index (χ0n) is 13.1. The second-order valence-electron chi connectivity index (χ2n) is 5.82. The van der Waals surface area contributed by atoms with E-state index in [9.17, 15) is 0 Å². The van der Waals surface area contributed by atoms with E-state index in [0.29, 0.717) is 11.2 Å². The van der Waals surface area contributed by atoms with Crippen molar-refractivity contribution in [1.29, 1.82) is 0 Å². The third-order valence-corrected chi connectivity index (χ3v) is 5.01. The van der Waals surface area contributed by atoms with Crippen molar-refractivity contribution < 1.29 is 0 Å². The van der Waals surface area contributed by atoms with E-state index < -0.39 is 0 Å². The summed E-state index contributed by atoms with van der Waals surface area (Å²) in [6, 6.07) is 4.59. The standard InChI is InChI=1S/C15H22N6S/c1-11-3-4-14(19-18-11)20(2)12-5-7-21(8-6-12)10-13-9-17-15(16)22-13/h3-4,9,12H,5-8,10H2,1-2H3,(H2,16,17). The monoisotopic (exact) mass is 318 g/mol. The van der Waals surface area contributed by atoms with Gasteiger partial charge < -0.3 is 10.6 Å². The van der Waals surface area contributed by atoms with Gasteiger partial charge in [0.05, 0.1) is 5.69 Å². The van der Waals surface area contributed by atoms with Gasteiger partial charge in [-0.15, -0.1) is 16.4 Å². The zero-order chi connectivity index (χ0) is 15.5. The van der Waals surface area contributed by atoms with Gasteiger partial charge >= 0.3 is 0 Å². The number of nitrogens with two attached hydrogens (primary N) is 1. The normalized spacial score (nSPS) is 16.8. The smallest absolute Gasteiger partial charge is 0.180 e. The fourth-order valence-electron chi connectivity index (χ4n) is 2.85. The van der Waals surface area contributed by atoms with Crippen molar-refractivity contribution in [2.75, 3.05) is 30.8 Å². The Kier molecular flexibility index (Phi) is 4.54. The average molecular weight is 318 g/mol. The summed E-state index contributed by atoms with van der Waals surface area (Å²) in [6.45, 7) is 5.09. The summed E-state index contributed by atoms with van der Waals surface area (Å²) in [5.74, 6) is 0.958. The number of aryl methyl sites for hydroxylation is 1. The molecule has 0 atom stereocenters. The maximum Gasteiger partial charge on any atom is 0.180 e. The van der Waals surface area contributed by atoms with Crippen LogP contribution in [-0.4, -0.2) is 46.3 Å². The number of hydrogen-bond acceptors (Lipinski definition) is 7. The first kappa shape index (κ1) is 15.2. The van der Waals surface area contributed by atoms with Crippen molar-refractivity contribution in [3.05, 3.63) is 28.9 Å². The van der Waals surface area contributed by atoms with Crippen molar-refractivity contribution >= 4 is 22.3 Å². The van der Waals surface area contributed by atoms with Gasteiger partial charge in [0.2, 0.25) is 0 Å². The minimum atomic E-state index is 0.528. The van der Waals surface area contributed by atoms with Gasteiger partial charge in [-0.25, -0.2) is 4.98 Å². The second-order valence-corrected chi connectivity index (χ2v) is 6.96. The molecule has 3 rings (SSSR count). The molecule has 22 heavy (non-hydrogen) atoms. The number of nitrogen functional groups attached to an aromatic ring is 1. The first-order valence-electron chi connectivity index (χ1n) is 7.57. The largest absolute Gasteiger partial charge is 0.375 e. The molecule has 2 N–H and O–H groups in total. The van der Waals surface area contributed by atoms with Gasteiger partial charge in [-0.1, -0.05) is 0 Å². The summed E-state index contributed by atoms with van der Waals surface area (Å²) in [5.41, 5.74) is 6.64. The summed E-state index contributed by atoms with van der Waals surface area (Å²) in [7, 11) is 2.11. The molecule has 0 amide bonds. The quantitative estimate of drug-likeness (QED) is 0.929. The highest BCUT2D eigenvalue weighted by molar-refractivity contribution is 7.15. The van der Waals surface area contributed by atoms with Crippen LogP contribution in [0.2, 0.25) is 0 Å². The highest BCUT2D eigenvalue weighted by Gasteiger charge is 2.23. The van der Waals surface area contributed by atoms with Gasteiger partial charge in [0.1, 0.15) is 0 Å². The lowest BCUT2D eigenvalue weighted by molar-refractivity contribution is 0.204. The van der Waals surface area contributed by atoms with Crippen molar-refractivity contribution in [3.63, 3.8) is 0 Å². The van der Waals surface area contributed by atoms with E-state index >= 15 is 0 Å². The molecular weight excluding hydrogens is 296 g/mol. The Balaban J connectivity index is 1.53. The van der Waals surface area contributed by atoms with Crippen LogP contribution in [-0.2, 0) is 6.54 Å². The number of piperidine rings is 1. The Bertz CT molecular complexity index is 603. The van der Waals surface area contributed by atoms with Crippen molar-refractivity contribution in [2.45, 2.75) is 32.4 Å². The summed E-state index contributed by atoms with van der Waals surface area (Å²) >= 11 is 1.58. The van der Waals surface area contributed by atoms with Crippen LogP contribution in [0.25, 0.3) is 0 Å². The SMILES string of the molecule is Cc1ccc(N(C)C2CCN(Cc3cnc(N)s3)CC2)nn1. The number of thiazole rings is 1. The number of likely N-dealkylation sites (tertiary alicyclic amines) is 1. The lowest BCUT2D eigenvalue weighted by atomic mass is 10.0. The third kappa shape index (κ3) is 3.53. The van der Waals surface area contributed by atoms with Gasteiger partial charge in [0.25, 0.3) is 0 Å². The highest BCUT2D eigenvalue weighted by Crippen LogP contribution is 2.23. The molecule has 0 aromatic carbocycles. The molecule has 0 spiro atoms. The first-order chi connectivity index (χ1) is 10.6. The fraction of sp³-hybridized carbons (Fsp3) is 0.533. The van der Waals surface area contributed by atoms with Crippen LogP contribution < -0.4 is 10.6 Å². The molecule has 0 aliphatic carbocycles. The average Bonchev–Trinajstić information content (AvgIpc) is 2.93. The van der Waals surface area contributed by atoms with Crippen LogP contribution in [0.15, 0.2) is 18.3 Å². The molecule has 2 aromatic rings. The fourth-order valence-corrected chi connectivity index (χ4v) is 3.57. The van der Waals surface area contributed by atoms with Gasteiger partial charge in [0.15, 0.2) is 10.9 Å². The number of aromatic nitrogens is 3. The highest BCUT2D eigenvalue weighted by atomic mass is 32.1.